The summed E-state index contributed by atoms with van der Waals surface area (Å²) in [6.45, 7) is 5.20. The normalized spacial score (nSPS) is 16.6. The van der Waals surface area contributed by atoms with E-state index in [2.05, 4.69) is 10.3 Å². The molecule has 2 aromatic rings. The zero-order valence-electron chi connectivity index (χ0n) is 15.7. The number of ketones is 2. The summed E-state index contributed by atoms with van der Waals surface area (Å²) in [4.78, 5) is 24.7. The van der Waals surface area contributed by atoms with Crippen LogP contribution in [0.2, 0.25) is 5.82 Å². The molecule has 0 fully saturated rings. The van der Waals surface area contributed by atoms with E-state index in [-0.39, 0.29) is 24.5 Å². The van der Waals surface area contributed by atoms with E-state index in [1.165, 1.54) is 11.6 Å². The van der Waals surface area contributed by atoms with Crippen molar-refractivity contribution in [1.29, 1.82) is 0 Å². The Kier molecular flexibility index (Phi) is 5.17. The van der Waals surface area contributed by atoms with E-state index in [1.54, 1.807) is 32.2 Å². The molecule has 1 aromatic carbocycles. The van der Waals surface area contributed by atoms with Crippen LogP contribution in [-0.4, -0.2) is 38.7 Å². The molecule has 0 aliphatic carbocycles. The van der Waals surface area contributed by atoms with Crippen molar-refractivity contribution in [2.75, 3.05) is 0 Å². The Hall–Kier alpha value is -2.52. The van der Waals surface area contributed by atoms with Gasteiger partial charge >= 0.3 is 7.12 Å². The van der Waals surface area contributed by atoms with Gasteiger partial charge in [0.2, 0.25) is 0 Å². The van der Waals surface area contributed by atoms with Gasteiger partial charge in [0.1, 0.15) is 11.3 Å². The lowest BCUT2D eigenvalue weighted by atomic mass is 9.63. The standard InChI is InChI=1S/C18H23BN4O4/c1-11(24)15-6-4-5-12-7-13(19(26)27-17(12)15)8-16(25)18(2,3)23-10-14(9-20)21-22-23/h4-6,10,13,26H,7-9,20H2,1-3H3/t13-/m1/s1. The Morgan fingerprint density at radius 2 is 2.19 bits per heavy atom. The molecule has 2 heterocycles. The Balaban J connectivity index is 1.79. The number of hydrogen-bond acceptors (Lipinski definition) is 7. The lowest BCUT2D eigenvalue weighted by Crippen LogP contribution is -2.41. The molecule has 27 heavy (non-hydrogen) atoms. The van der Waals surface area contributed by atoms with Gasteiger partial charge in [-0.2, -0.15) is 0 Å². The lowest BCUT2D eigenvalue weighted by Gasteiger charge is -2.30. The van der Waals surface area contributed by atoms with Gasteiger partial charge in [0.25, 0.3) is 0 Å². The minimum absolute atomic E-state index is 0.102. The Labute approximate surface area is 157 Å². The topological polar surface area (TPSA) is 120 Å². The fourth-order valence-electron chi connectivity index (χ4n) is 3.22. The number of nitrogens with two attached hydrogens (primary N) is 1. The number of nitrogens with zero attached hydrogens (tertiary/aromatic N) is 3. The summed E-state index contributed by atoms with van der Waals surface area (Å²) in [6, 6.07) is 5.30. The summed E-state index contributed by atoms with van der Waals surface area (Å²) in [5.41, 5.74) is 6.48. The molecule has 3 rings (SSSR count). The Morgan fingerprint density at radius 3 is 2.81 bits per heavy atom. The third-order valence-corrected chi connectivity index (χ3v) is 5.05. The summed E-state index contributed by atoms with van der Waals surface area (Å²) < 4.78 is 7.10. The summed E-state index contributed by atoms with van der Waals surface area (Å²) >= 11 is 0. The highest BCUT2D eigenvalue weighted by molar-refractivity contribution is 6.47. The molecule has 1 atom stereocenters. The first-order valence-corrected chi connectivity index (χ1v) is 8.86. The number of rotatable bonds is 6. The molecule has 142 valence electrons. The van der Waals surface area contributed by atoms with Crippen LogP contribution in [0.5, 0.6) is 5.75 Å². The van der Waals surface area contributed by atoms with Crippen molar-refractivity contribution in [3.8, 4) is 5.75 Å². The zero-order chi connectivity index (χ0) is 19.8. The highest BCUT2D eigenvalue weighted by Gasteiger charge is 2.41. The van der Waals surface area contributed by atoms with E-state index in [9.17, 15) is 14.6 Å². The molecule has 0 radical (unpaired) electrons. The van der Waals surface area contributed by atoms with Crippen LogP contribution in [0.4, 0.5) is 0 Å². The highest BCUT2D eigenvalue weighted by Crippen LogP contribution is 2.37. The van der Waals surface area contributed by atoms with Crippen LogP contribution >= 0.6 is 0 Å². The van der Waals surface area contributed by atoms with Crippen LogP contribution in [0.25, 0.3) is 0 Å². The molecule has 0 unspecified atom stereocenters. The average molecular weight is 370 g/mol. The first kappa shape index (κ1) is 19.3. The number of para-hydroxylation sites is 1. The van der Waals surface area contributed by atoms with Crippen molar-refractivity contribution in [2.24, 2.45) is 5.73 Å². The van der Waals surface area contributed by atoms with Gasteiger partial charge in [-0.25, -0.2) is 4.68 Å². The molecule has 1 aromatic heterocycles. The molecule has 8 nitrogen and oxygen atoms in total. The summed E-state index contributed by atoms with van der Waals surface area (Å²) in [5, 5.41) is 18.3. The monoisotopic (exact) mass is 370 g/mol. The number of Topliss-reactive ketones (excluding diaryl/α,β-unsaturated/α-hetero) is 2. The minimum atomic E-state index is -1.16. The number of benzene rings is 1. The van der Waals surface area contributed by atoms with E-state index >= 15 is 0 Å². The molecule has 0 saturated heterocycles. The van der Waals surface area contributed by atoms with Crippen molar-refractivity contribution in [3.63, 3.8) is 0 Å². The van der Waals surface area contributed by atoms with Gasteiger partial charge in [0.05, 0.1) is 17.5 Å². The second kappa shape index (κ2) is 7.24. The largest absolute Gasteiger partial charge is 0.535 e. The van der Waals surface area contributed by atoms with E-state index in [0.29, 0.717) is 23.4 Å². The van der Waals surface area contributed by atoms with Gasteiger partial charge in [0.15, 0.2) is 11.6 Å². The van der Waals surface area contributed by atoms with Crippen molar-refractivity contribution >= 4 is 18.7 Å². The molecule has 0 spiro atoms. The third kappa shape index (κ3) is 3.65. The molecule has 0 amide bonds. The van der Waals surface area contributed by atoms with Crippen LogP contribution in [0.1, 0.15) is 48.8 Å². The minimum Gasteiger partial charge on any atom is -0.535 e. The van der Waals surface area contributed by atoms with Gasteiger partial charge in [-0.05, 0) is 38.8 Å². The van der Waals surface area contributed by atoms with Crippen LogP contribution < -0.4 is 10.4 Å². The number of hydrogen-bond donors (Lipinski definition) is 2. The quantitative estimate of drug-likeness (QED) is 0.577. The maximum Gasteiger partial charge on any atom is 0.526 e. The van der Waals surface area contributed by atoms with Crippen LogP contribution in [0.15, 0.2) is 24.4 Å². The molecular formula is C18H23BN4O4. The van der Waals surface area contributed by atoms with Gasteiger partial charge in [-0.15, -0.1) is 5.10 Å². The maximum atomic E-state index is 12.9. The predicted molar refractivity (Wildman–Crippen MR) is 99.4 cm³/mol. The predicted octanol–water partition coefficient (Wildman–Crippen LogP) is 1.12. The van der Waals surface area contributed by atoms with E-state index < -0.39 is 18.5 Å². The second-order valence-corrected chi connectivity index (χ2v) is 7.37. The van der Waals surface area contributed by atoms with Gasteiger partial charge in [-0.3, -0.25) is 9.59 Å². The lowest BCUT2D eigenvalue weighted by molar-refractivity contribution is -0.126. The highest BCUT2D eigenvalue weighted by atomic mass is 16.5. The van der Waals surface area contributed by atoms with E-state index in [0.717, 1.165) is 5.56 Å². The fourth-order valence-corrected chi connectivity index (χ4v) is 3.22. The van der Waals surface area contributed by atoms with Crippen LogP contribution in [0, 0.1) is 0 Å². The van der Waals surface area contributed by atoms with Gasteiger partial charge < -0.3 is 15.4 Å². The van der Waals surface area contributed by atoms with Gasteiger partial charge in [-0.1, -0.05) is 17.3 Å². The molecule has 3 N–H and O–H groups in total. The van der Waals surface area contributed by atoms with Crippen molar-refractivity contribution < 1.29 is 19.3 Å². The van der Waals surface area contributed by atoms with Crippen LogP contribution in [-0.2, 0) is 23.3 Å². The zero-order valence-corrected chi connectivity index (χ0v) is 15.7. The maximum absolute atomic E-state index is 12.9. The van der Waals surface area contributed by atoms with Crippen molar-refractivity contribution in [3.05, 3.63) is 41.2 Å². The Morgan fingerprint density at radius 1 is 1.44 bits per heavy atom. The average Bonchev–Trinajstić information content (AvgIpc) is 3.11. The van der Waals surface area contributed by atoms with E-state index in [4.69, 9.17) is 10.4 Å². The molecule has 1 aliphatic rings. The SMILES string of the molecule is CC(=O)c1cccc2c1OB(O)[C@@H](CC(=O)C(C)(C)n1cc(CN)nn1)C2. The van der Waals surface area contributed by atoms with Crippen LogP contribution in [0.3, 0.4) is 0 Å². The number of aromatic nitrogens is 3. The number of carbonyl (C=O) groups is 2. The fraction of sp³-hybridized carbons (Fsp3) is 0.444. The van der Waals surface area contributed by atoms with Crippen molar-refractivity contribution in [2.45, 2.75) is 51.5 Å². The summed E-state index contributed by atoms with van der Waals surface area (Å²) in [6.07, 6.45) is 2.21. The third-order valence-electron chi connectivity index (χ3n) is 5.05. The van der Waals surface area contributed by atoms with Crippen molar-refractivity contribution in [1.82, 2.24) is 15.0 Å². The molecule has 9 heteroatoms. The first-order valence-electron chi connectivity index (χ1n) is 8.86. The Bertz CT molecular complexity index is 880. The van der Waals surface area contributed by atoms with E-state index in [1.807, 2.05) is 6.07 Å². The molecule has 1 aliphatic heterocycles. The van der Waals surface area contributed by atoms with Gasteiger partial charge in [0, 0.05) is 18.8 Å². The summed E-state index contributed by atoms with van der Waals surface area (Å²) in [5.74, 6) is -0.236. The summed E-state index contributed by atoms with van der Waals surface area (Å²) in [7, 11) is -1.16. The molecule has 0 saturated carbocycles. The second-order valence-electron chi connectivity index (χ2n) is 7.37. The first-order chi connectivity index (χ1) is 12.7. The number of carbonyl (C=O) groups excluding carboxylic acids is 2. The molecule has 0 bridgehead atoms. The smallest absolute Gasteiger partial charge is 0.526 e. The molecular weight excluding hydrogens is 347 g/mol. The number of fused-ring (bicyclic) bond motifs is 1.